The number of nitro benzene ring substituents is 1. The van der Waals surface area contributed by atoms with Crippen molar-refractivity contribution in [3.8, 4) is 0 Å². The second-order valence-corrected chi connectivity index (χ2v) is 7.66. The zero-order valence-electron chi connectivity index (χ0n) is 16.0. The number of nitrogens with zero attached hydrogens (tertiary/aromatic N) is 4. The fraction of sp³-hybridized carbons (Fsp3) is 0.150. The number of carbonyl (C=O) groups excluding carboxylic acids is 1. The zero-order valence-corrected chi connectivity index (χ0v) is 16.8. The number of anilines is 1. The van der Waals surface area contributed by atoms with Crippen LogP contribution in [-0.2, 0) is 10.5 Å². The number of nitro groups is 1. The molecule has 0 spiro atoms. The van der Waals surface area contributed by atoms with Crippen LogP contribution in [0.25, 0.3) is 0 Å². The first-order chi connectivity index (χ1) is 14.4. The number of nitrogens with two attached hydrogens (primary N) is 1. The lowest BCUT2D eigenvalue weighted by Crippen LogP contribution is -2.31. The molecule has 10 heteroatoms. The lowest BCUT2D eigenvalue weighted by Gasteiger charge is -2.27. The number of amides is 1. The van der Waals surface area contributed by atoms with Gasteiger partial charge in [0.05, 0.1) is 10.5 Å². The van der Waals surface area contributed by atoms with Gasteiger partial charge in [0.1, 0.15) is 6.04 Å². The Balaban J connectivity index is 1.70. The van der Waals surface area contributed by atoms with Crippen molar-refractivity contribution in [1.82, 2.24) is 14.8 Å². The number of fused-ring (bicyclic) bond motifs is 1. The summed E-state index contributed by atoms with van der Waals surface area (Å²) in [7, 11) is 0. The fourth-order valence-corrected chi connectivity index (χ4v) is 4.11. The molecule has 0 bridgehead atoms. The standard InChI is InChI=1S/C20H18N6O3S/c1-12-16(18(21)27)17(14-7-9-15(10-8-14)26(28)29)25-19(22-12)23-20(24-25)30-11-13-5-3-2-4-6-13/h2-10,17H,11H2,1H3,(H2,21,27)(H,22,23,24)/t17-/m1/s1. The Labute approximate surface area is 176 Å². The van der Waals surface area contributed by atoms with Crippen molar-refractivity contribution in [2.75, 3.05) is 5.32 Å². The summed E-state index contributed by atoms with van der Waals surface area (Å²) in [5.74, 6) is 0.584. The van der Waals surface area contributed by atoms with Gasteiger partial charge in [-0.1, -0.05) is 42.1 Å². The number of aromatic nitrogens is 3. The second-order valence-electron chi connectivity index (χ2n) is 6.72. The number of carbonyl (C=O) groups is 1. The van der Waals surface area contributed by atoms with E-state index in [1.54, 1.807) is 23.7 Å². The van der Waals surface area contributed by atoms with Crippen LogP contribution in [0.5, 0.6) is 0 Å². The molecular formula is C20H18N6O3S. The molecule has 2 heterocycles. The Bertz CT molecular complexity index is 1140. The summed E-state index contributed by atoms with van der Waals surface area (Å²) in [5, 5.41) is 19.2. The van der Waals surface area contributed by atoms with Gasteiger partial charge in [0.25, 0.3) is 5.69 Å². The number of non-ortho nitro benzene ring substituents is 1. The fourth-order valence-electron chi connectivity index (χ4n) is 3.32. The molecule has 1 atom stereocenters. The Kier molecular flexibility index (Phi) is 5.23. The number of hydrogen-bond donors (Lipinski definition) is 2. The predicted octanol–water partition coefficient (Wildman–Crippen LogP) is 3.25. The van der Waals surface area contributed by atoms with E-state index >= 15 is 0 Å². The summed E-state index contributed by atoms with van der Waals surface area (Å²) in [6, 6.07) is 15.3. The zero-order chi connectivity index (χ0) is 21.3. The van der Waals surface area contributed by atoms with Crippen LogP contribution in [0.15, 0.2) is 71.0 Å². The maximum absolute atomic E-state index is 12.2. The van der Waals surface area contributed by atoms with Crippen LogP contribution in [0.2, 0.25) is 0 Å². The van der Waals surface area contributed by atoms with Crippen LogP contribution in [0.3, 0.4) is 0 Å². The number of hydrogen-bond acceptors (Lipinski definition) is 7. The lowest BCUT2D eigenvalue weighted by molar-refractivity contribution is -0.384. The van der Waals surface area contributed by atoms with Crippen LogP contribution in [0.4, 0.5) is 11.6 Å². The molecule has 3 aromatic rings. The van der Waals surface area contributed by atoms with E-state index in [0.717, 1.165) is 5.56 Å². The average molecular weight is 422 g/mol. The van der Waals surface area contributed by atoms with Crippen molar-refractivity contribution >= 4 is 29.3 Å². The quantitative estimate of drug-likeness (QED) is 0.354. The SMILES string of the molecule is CC1=C(C(N)=O)[C@@H](c2ccc([N+](=O)[O-])cc2)n2nc(SCc3ccccc3)nc2N1. The first-order valence-electron chi connectivity index (χ1n) is 9.09. The third-order valence-electron chi connectivity index (χ3n) is 4.73. The first-order valence-corrected chi connectivity index (χ1v) is 10.1. The van der Waals surface area contributed by atoms with E-state index in [2.05, 4.69) is 15.4 Å². The summed E-state index contributed by atoms with van der Waals surface area (Å²) in [6.45, 7) is 1.74. The first kappa shape index (κ1) is 19.6. The number of rotatable bonds is 6. The normalized spacial score (nSPS) is 15.4. The van der Waals surface area contributed by atoms with Gasteiger partial charge in [0.2, 0.25) is 17.0 Å². The van der Waals surface area contributed by atoms with Crippen molar-refractivity contribution in [3.05, 3.63) is 87.1 Å². The van der Waals surface area contributed by atoms with E-state index in [4.69, 9.17) is 5.73 Å². The lowest BCUT2D eigenvalue weighted by atomic mass is 9.95. The molecule has 0 aliphatic carbocycles. The van der Waals surface area contributed by atoms with Gasteiger partial charge in [-0.05, 0) is 30.2 Å². The van der Waals surface area contributed by atoms with Gasteiger partial charge in [-0.2, -0.15) is 4.98 Å². The number of benzene rings is 2. The van der Waals surface area contributed by atoms with Crippen LogP contribution >= 0.6 is 11.8 Å². The minimum absolute atomic E-state index is 0.0352. The maximum Gasteiger partial charge on any atom is 0.269 e. The van der Waals surface area contributed by atoms with Gasteiger partial charge in [0, 0.05) is 23.6 Å². The van der Waals surface area contributed by atoms with Gasteiger partial charge in [-0.25, -0.2) is 4.68 Å². The monoisotopic (exact) mass is 422 g/mol. The van der Waals surface area contributed by atoms with Crippen LogP contribution in [-0.4, -0.2) is 25.6 Å². The largest absolute Gasteiger partial charge is 0.366 e. The van der Waals surface area contributed by atoms with Crippen molar-refractivity contribution < 1.29 is 9.72 Å². The van der Waals surface area contributed by atoms with E-state index in [1.165, 1.54) is 23.9 Å². The highest BCUT2D eigenvalue weighted by atomic mass is 32.2. The number of primary amides is 1. The molecule has 0 unspecified atom stereocenters. The topological polar surface area (TPSA) is 129 Å². The van der Waals surface area contributed by atoms with Crippen molar-refractivity contribution in [3.63, 3.8) is 0 Å². The highest BCUT2D eigenvalue weighted by Crippen LogP contribution is 2.36. The van der Waals surface area contributed by atoms with E-state index in [1.807, 2.05) is 30.3 Å². The minimum atomic E-state index is -0.627. The van der Waals surface area contributed by atoms with E-state index in [-0.39, 0.29) is 5.69 Å². The summed E-state index contributed by atoms with van der Waals surface area (Å²) in [4.78, 5) is 27.3. The van der Waals surface area contributed by atoms with Gasteiger partial charge < -0.3 is 11.1 Å². The molecule has 152 valence electrons. The number of thioether (sulfide) groups is 1. The smallest absolute Gasteiger partial charge is 0.269 e. The average Bonchev–Trinajstić information content (AvgIpc) is 3.14. The highest BCUT2D eigenvalue weighted by Gasteiger charge is 2.33. The van der Waals surface area contributed by atoms with Crippen molar-refractivity contribution in [2.45, 2.75) is 23.9 Å². The number of allylic oxidation sites excluding steroid dienone is 1. The molecule has 1 amide bonds. The molecule has 3 N–H and O–H groups in total. The van der Waals surface area contributed by atoms with Gasteiger partial charge in [-0.15, -0.1) is 5.10 Å². The van der Waals surface area contributed by atoms with E-state index < -0.39 is 16.9 Å². The molecule has 1 aromatic heterocycles. The summed E-state index contributed by atoms with van der Waals surface area (Å²) in [6.07, 6.45) is 0. The van der Waals surface area contributed by atoms with Crippen LogP contribution in [0.1, 0.15) is 24.1 Å². The third-order valence-corrected chi connectivity index (χ3v) is 5.64. The van der Waals surface area contributed by atoms with Crippen LogP contribution < -0.4 is 11.1 Å². The van der Waals surface area contributed by atoms with Crippen LogP contribution in [0, 0.1) is 10.1 Å². The third kappa shape index (κ3) is 3.77. The Hall–Kier alpha value is -3.66. The molecule has 2 aromatic carbocycles. The van der Waals surface area contributed by atoms with Gasteiger partial charge >= 0.3 is 0 Å². The molecule has 0 saturated carbocycles. The van der Waals surface area contributed by atoms with Gasteiger partial charge in [0.15, 0.2) is 0 Å². The molecule has 1 aliphatic heterocycles. The highest BCUT2D eigenvalue weighted by molar-refractivity contribution is 7.98. The Morgan fingerprint density at radius 2 is 1.93 bits per heavy atom. The van der Waals surface area contributed by atoms with E-state index in [0.29, 0.717) is 33.7 Å². The summed E-state index contributed by atoms with van der Waals surface area (Å²) < 4.78 is 1.60. The molecular weight excluding hydrogens is 404 g/mol. The molecule has 30 heavy (non-hydrogen) atoms. The predicted molar refractivity (Wildman–Crippen MR) is 113 cm³/mol. The van der Waals surface area contributed by atoms with E-state index in [9.17, 15) is 14.9 Å². The number of nitrogens with one attached hydrogen (secondary N) is 1. The second kappa shape index (κ2) is 7.99. The minimum Gasteiger partial charge on any atom is -0.366 e. The molecule has 0 saturated heterocycles. The molecule has 4 rings (SSSR count). The van der Waals surface area contributed by atoms with Crippen molar-refractivity contribution in [2.24, 2.45) is 5.73 Å². The molecule has 0 fully saturated rings. The molecule has 0 radical (unpaired) electrons. The Morgan fingerprint density at radius 1 is 1.23 bits per heavy atom. The Morgan fingerprint density at radius 3 is 2.57 bits per heavy atom. The summed E-state index contributed by atoms with van der Waals surface area (Å²) in [5.41, 5.74) is 8.32. The van der Waals surface area contributed by atoms with Crippen molar-refractivity contribution in [1.29, 1.82) is 0 Å². The summed E-state index contributed by atoms with van der Waals surface area (Å²) >= 11 is 1.47. The molecule has 1 aliphatic rings. The maximum atomic E-state index is 12.2. The van der Waals surface area contributed by atoms with Gasteiger partial charge in [-0.3, -0.25) is 14.9 Å². The molecule has 9 nitrogen and oxygen atoms in total.